The van der Waals surface area contributed by atoms with Crippen molar-refractivity contribution in [3.05, 3.63) is 105 Å². The summed E-state index contributed by atoms with van der Waals surface area (Å²) in [6, 6.07) is 8.08. The first-order valence-electron chi connectivity index (χ1n) is 10.5. The zero-order valence-corrected chi connectivity index (χ0v) is 17.5. The zero-order valence-electron chi connectivity index (χ0n) is 17.5. The number of aromatic nitrogens is 2. The van der Waals surface area contributed by atoms with E-state index in [0.29, 0.717) is 29.7 Å². The molecule has 4 heterocycles. The van der Waals surface area contributed by atoms with Gasteiger partial charge in [-0.05, 0) is 48.2 Å². The quantitative estimate of drug-likeness (QED) is 0.577. The van der Waals surface area contributed by atoms with Crippen LogP contribution in [0.3, 0.4) is 0 Å². The number of aryl methyl sites for hydroxylation is 1. The minimum absolute atomic E-state index is 0.0676. The summed E-state index contributed by atoms with van der Waals surface area (Å²) < 4.78 is 30.1. The minimum atomic E-state index is -0.993. The molecule has 0 spiro atoms. The Kier molecular flexibility index (Phi) is 5.16. The molecule has 0 saturated heterocycles. The number of nitrogens with zero attached hydrogens (tertiary/aromatic N) is 4. The van der Waals surface area contributed by atoms with Crippen molar-refractivity contribution in [2.45, 2.75) is 18.9 Å². The third kappa shape index (κ3) is 3.55. The number of allylic oxidation sites excluding steroid dienone is 1. The summed E-state index contributed by atoms with van der Waals surface area (Å²) in [5.41, 5.74) is 0.758. The normalized spacial score (nSPS) is 18.8. The maximum Gasteiger partial charge on any atom is 0.278 e. The number of carbonyl (C=O) groups is 1. The van der Waals surface area contributed by atoms with Crippen LogP contribution in [0.4, 0.5) is 8.78 Å². The highest BCUT2D eigenvalue weighted by Crippen LogP contribution is 2.34. The number of pyridine rings is 2. The molecule has 168 valence electrons. The molecule has 2 bridgehead atoms. The van der Waals surface area contributed by atoms with E-state index in [0.717, 1.165) is 12.1 Å². The first kappa shape index (κ1) is 20.9. The van der Waals surface area contributed by atoms with Crippen molar-refractivity contribution in [3.63, 3.8) is 0 Å². The molecule has 7 nitrogen and oxygen atoms in total. The molecule has 0 saturated carbocycles. The van der Waals surface area contributed by atoms with E-state index >= 15 is 0 Å². The number of halogens is 2. The van der Waals surface area contributed by atoms with Gasteiger partial charge < -0.3 is 10.0 Å². The van der Waals surface area contributed by atoms with Gasteiger partial charge in [0.25, 0.3) is 5.91 Å². The van der Waals surface area contributed by atoms with Gasteiger partial charge >= 0.3 is 0 Å². The summed E-state index contributed by atoms with van der Waals surface area (Å²) in [4.78, 5) is 31.3. The predicted molar refractivity (Wildman–Crippen MR) is 116 cm³/mol. The van der Waals surface area contributed by atoms with Crippen LogP contribution in [0.2, 0.25) is 0 Å². The molecule has 0 aliphatic carbocycles. The van der Waals surface area contributed by atoms with Crippen LogP contribution in [0, 0.1) is 11.6 Å². The maximum atomic E-state index is 14.5. The van der Waals surface area contributed by atoms with E-state index in [4.69, 9.17) is 0 Å². The summed E-state index contributed by atoms with van der Waals surface area (Å²) in [6.07, 6.45) is 7.69. The Morgan fingerprint density at radius 1 is 1.06 bits per heavy atom. The molecule has 1 atom stereocenters. The Morgan fingerprint density at radius 3 is 2.67 bits per heavy atom. The Hall–Kier alpha value is -4.01. The molecule has 0 fully saturated rings. The van der Waals surface area contributed by atoms with Gasteiger partial charge in [0.05, 0.1) is 5.69 Å². The number of hydrogen-bond donors (Lipinski definition) is 1. The molecule has 2 aliphatic heterocycles. The van der Waals surface area contributed by atoms with Crippen molar-refractivity contribution in [1.29, 1.82) is 0 Å². The summed E-state index contributed by atoms with van der Waals surface area (Å²) >= 11 is 0. The highest BCUT2D eigenvalue weighted by Gasteiger charge is 2.37. The van der Waals surface area contributed by atoms with Crippen molar-refractivity contribution in [2.24, 2.45) is 0 Å². The van der Waals surface area contributed by atoms with Gasteiger partial charge in [0, 0.05) is 25.0 Å². The molecular weight excluding hydrogens is 430 g/mol. The highest BCUT2D eigenvalue weighted by atomic mass is 19.2. The fourth-order valence-electron chi connectivity index (χ4n) is 4.38. The molecule has 3 aromatic rings. The predicted octanol–water partition coefficient (Wildman–Crippen LogP) is 2.87. The molecule has 33 heavy (non-hydrogen) atoms. The second-order valence-corrected chi connectivity index (χ2v) is 7.96. The van der Waals surface area contributed by atoms with E-state index in [-0.39, 0.29) is 18.9 Å². The van der Waals surface area contributed by atoms with Gasteiger partial charge in [0.15, 0.2) is 23.1 Å². The van der Waals surface area contributed by atoms with Crippen LogP contribution in [0.15, 0.2) is 65.7 Å². The maximum absolute atomic E-state index is 14.5. The molecule has 0 unspecified atom stereocenters. The van der Waals surface area contributed by atoms with Gasteiger partial charge in [0.2, 0.25) is 5.43 Å². The summed E-state index contributed by atoms with van der Waals surface area (Å²) in [7, 11) is 0. The minimum Gasteiger partial charge on any atom is -0.502 e. The average Bonchev–Trinajstić information content (AvgIpc) is 2.84. The first-order valence-corrected chi connectivity index (χ1v) is 10.5. The fourth-order valence-corrected chi connectivity index (χ4v) is 4.38. The van der Waals surface area contributed by atoms with Gasteiger partial charge in [-0.15, -0.1) is 0 Å². The number of rotatable bonds is 1. The van der Waals surface area contributed by atoms with Crippen molar-refractivity contribution in [2.75, 3.05) is 18.2 Å². The Labute approximate surface area is 187 Å². The molecular formula is C24H20F2N4O3. The molecule has 5 rings (SSSR count). The standard InChI is InChI=1S/C24H20F2N4O3/c25-17-12-15-6-2-1-5-10-28-14-30(29-11-8-20(31)23(32)22(29)24(28)33)21(16(15)13-18(17)26)19-7-3-4-9-27-19/h1,3-5,7-9,11-13,21,32H,2,6,10,14H2/b5-1-/t21-/m0/s1. The SMILES string of the molecule is O=C1c2c(O)c(=O)ccn2N2CN1C/C=C\CCc1cc(F)c(F)cc1[C@H]2c1ccccn1. The van der Waals surface area contributed by atoms with E-state index in [9.17, 15) is 23.5 Å². The van der Waals surface area contributed by atoms with Gasteiger partial charge in [0.1, 0.15) is 12.7 Å². The topological polar surface area (TPSA) is 78.7 Å². The molecule has 1 amide bonds. The monoisotopic (exact) mass is 450 g/mol. The lowest BCUT2D eigenvalue weighted by atomic mass is 9.93. The Bertz CT molecular complexity index is 1320. The number of fused-ring (bicyclic) bond motifs is 5. The smallest absolute Gasteiger partial charge is 0.278 e. The van der Waals surface area contributed by atoms with Crippen molar-refractivity contribution in [3.8, 4) is 5.75 Å². The van der Waals surface area contributed by atoms with Gasteiger partial charge in [-0.1, -0.05) is 18.2 Å². The van der Waals surface area contributed by atoms with Crippen molar-refractivity contribution < 1.29 is 18.7 Å². The van der Waals surface area contributed by atoms with Crippen LogP contribution in [0.25, 0.3) is 0 Å². The number of aromatic hydroxyl groups is 1. The van der Waals surface area contributed by atoms with Crippen LogP contribution < -0.4 is 10.4 Å². The number of hydrogen-bond acceptors (Lipinski definition) is 5. The van der Waals surface area contributed by atoms with E-state index in [2.05, 4.69) is 4.98 Å². The zero-order chi connectivity index (χ0) is 23.1. The molecule has 9 heteroatoms. The summed E-state index contributed by atoms with van der Waals surface area (Å²) in [5.74, 6) is -3.10. The third-order valence-electron chi connectivity index (χ3n) is 5.95. The van der Waals surface area contributed by atoms with Crippen molar-refractivity contribution >= 4 is 5.91 Å². The first-order chi connectivity index (χ1) is 16.0. The Morgan fingerprint density at radius 2 is 1.88 bits per heavy atom. The van der Waals surface area contributed by atoms with Crippen LogP contribution in [0.1, 0.15) is 39.8 Å². The molecule has 2 aliphatic rings. The van der Waals surface area contributed by atoms with E-state index < -0.39 is 34.8 Å². The fraction of sp³-hybridized carbons (Fsp3) is 0.208. The largest absolute Gasteiger partial charge is 0.502 e. The highest BCUT2D eigenvalue weighted by molar-refractivity contribution is 5.96. The molecule has 2 aromatic heterocycles. The second-order valence-electron chi connectivity index (χ2n) is 7.96. The van der Waals surface area contributed by atoms with Crippen molar-refractivity contribution in [1.82, 2.24) is 14.6 Å². The van der Waals surface area contributed by atoms with Crippen LogP contribution >= 0.6 is 0 Å². The number of carbonyl (C=O) groups excluding carboxylic acids is 1. The van der Waals surface area contributed by atoms with Crippen LogP contribution in [0.5, 0.6) is 5.75 Å². The van der Waals surface area contributed by atoms with E-state index in [1.165, 1.54) is 21.8 Å². The van der Waals surface area contributed by atoms with Gasteiger partial charge in [-0.2, -0.15) is 0 Å². The number of benzene rings is 1. The average molecular weight is 450 g/mol. The Balaban J connectivity index is 1.82. The summed E-state index contributed by atoms with van der Waals surface area (Å²) in [5, 5.41) is 12.2. The molecule has 1 N–H and O–H groups in total. The lowest BCUT2D eigenvalue weighted by Crippen LogP contribution is -2.55. The van der Waals surface area contributed by atoms with Gasteiger partial charge in [-0.3, -0.25) is 24.3 Å². The lowest BCUT2D eigenvalue weighted by Gasteiger charge is -2.43. The lowest BCUT2D eigenvalue weighted by molar-refractivity contribution is 0.0701. The molecule has 0 radical (unpaired) electrons. The second kappa shape index (κ2) is 8.16. The van der Waals surface area contributed by atoms with Crippen LogP contribution in [-0.2, 0) is 6.42 Å². The van der Waals surface area contributed by atoms with Crippen LogP contribution in [-0.4, -0.2) is 38.8 Å². The van der Waals surface area contributed by atoms with E-state index in [1.54, 1.807) is 29.4 Å². The number of amides is 1. The summed E-state index contributed by atoms with van der Waals surface area (Å²) in [6.45, 7) is 0.310. The molecule has 1 aromatic carbocycles. The van der Waals surface area contributed by atoms with E-state index in [1.807, 2.05) is 12.2 Å². The third-order valence-corrected chi connectivity index (χ3v) is 5.95. The van der Waals surface area contributed by atoms with Gasteiger partial charge in [-0.25, -0.2) is 8.78 Å².